The molecule has 0 spiro atoms. The highest BCUT2D eigenvalue weighted by Crippen LogP contribution is 2.42. The summed E-state index contributed by atoms with van der Waals surface area (Å²) in [6, 6.07) is 26.1. The van der Waals surface area contributed by atoms with E-state index in [1.807, 2.05) is 66.7 Å². The SMILES string of the molecule is CN1C(=O)COc2ccc(-c3nc(Nc4ccccc4)sc3-c3ccccc3)cc21. The smallest absolute Gasteiger partial charge is 0.264 e. The first-order valence-corrected chi connectivity index (χ1v) is 10.4. The molecule has 0 aliphatic carbocycles. The molecule has 1 aromatic heterocycles. The zero-order chi connectivity index (χ0) is 20.5. The number of rotatable bonds is 4. The lowest BCUT2D eigenvalue weighted by atomic mass is 10.1. The summed E-state index contributed by atoms with van der Waals surface area (Å²) in [4.78, 5) is 19.7. The average Bonchev–Trinajstić information content (AvgIpc) is 3.21. The van der Waals surface area contributed by atoms with Gasteiger partial charge in [0, 0.05) is 18.3 Å². The van der Waals surface area contributed by atoms with Crippen LogP contribution >= 0.6 is 11.3 Å². The van der Waals surface area contributed by atoms with Crippen molar-refractivity contribution >= 4 is 33.8 Å². The Morgan fingerprint density at radius 3 is 2.47 bits per heavy atom. The first kappa shape index (κ1) is 18.4. The maximum atomic E-state index is 12.1. The molecular weight excluding hydrogens is 394 g/mol. The number of likely N-dealkylation sites (N-methyl/N-ethyl adjacent to an activating group) is 1. The highest BCUT2D eigenvalue weighted by atomic mass is 32.1. The Hall–Kier alpha value is -3.64. The van der Waals surface area contributed by atoms with Crippen LogP contribution in [0.3, 0.4) is 0 Å². The maximum Gasteiger partial charge on any atom is 0.264 e. The lowest BCUT2D eigenvalue weighted by Crippen LogP contribution is -2.35. The number of ether oxygens (including phenoxy) is 1. The molecule has 1 aliphatic rings. The summed E-state index contributed by atoms with van der Waals surface area (Å²) in [6.07, 6.45) is 0. The van der Waals surface area contributed by atoms with Crippen LogP contribution in [0.1, 0.15) is 0 Å². The summed E-state index contributed by atoms with van der Waals surface area (Å²) >= 11 is 1.61. The van der Waals surface area contributed by atoms with E-state index in [1.165, 1.54) is 0 Å². The Kier molecular flexibility index (Phi) is 4.69. The predicted octanol–water partition coefficient (Wildman–Crippen LogP) is 5.58. The number of amides is 1. The fourth-order valence-electron chi connectivity index (χ4n) is 3.42. The van der Waals surface area contributed by atoms with Crippen molar-refractivity contribution in [1.82, 2.24) is 4.98 Å². The van der Waals surface area contributed by atoms with Gasteiger partial charge in [-0.05, 0) is 35.9 Å². The van der Waals surface area contributed by atoms with Crippen LogP contribution in [0.25, 0.3) is 21.7 Å². The Morgan fingerprint density at radius 2 is 1.70 bits per heavy atom. The first-order chi connectivity index (χ1) is 14.7. The minimum absolute atomic E-state index is 0.0624. The molecule has 0 saturated heterocycles. The first-order valence-electron chi connectivity index (χ1n) is 9.61. The number of nitrogens with zero attached hydrogens (tertiary/aromatic N) is 2. The Morgan fingerprint density at radius 1 is 0.967 bits per heavy atom. The lowest BCUT2D eigenvalue weighted by molar-refractivity contribution is -0.120. The van der Waals surface area contributed by atoms with Crippen LogP contribution in [-0.2, 0) is 4.79 Å². The Labute approximate surface area is 178 Å². The van der Waals surface area contributed by atoms with E-state index in [-0.39, 0.29) is 12.5 Å². The Bertz CT molecular complexity index is 1210. The molecule has 0 unspecified atom stereocenters. The quantitative estimate of drug-likeness (QED) is 0.475. The summed E-state index contributed by atoms with van der Waals surface area (Å²) in [5.41, 5.74) is 4.66. The summed E-state index contributed by atoms with van der Waals surface area (Å²) in [7, 11) is 1.77. The molecule has 30 heavy (non-hydrogen) atoms. The van der Waals surface area contributed by atoms with Crippen LogP contribution in [0.2, 0.25) is 0 Å². The third-order valence-corrected chi connectivity index (χ3v) is 6.03. The minimum atomic E-state index is -0.0624. The van der Waals surface area contributed by atoms with Crippen molar-refractivity contribution in [2.24, 2.45) is 0 Å². The average molecular weight is 414 g/mol. The summed E-state index contributed by atoms with van der Waals surface area (Å²) in [6.45, 7) is 0.0694. The van der Waals surface area contributed by atoms with Gasteiger partial charge in [0.2, 0.25) is 0 Å². The normalized spacial score (nSPS) is 13.0. The number of carbonyl (C=O) groups is 1. The highest BCUT2D eigenvalue weighted by molar-refractivity contribution is 7.19. The van der Waals surface area contributed by atoms with Gasteiger partial charge in [0.15, 0.2) is 11.7 Å². The van der Waals surface area contributed by atoms with Crippen LogP contribution in [0.15, 0.2) is 78.9 Å². The molecule has 0 saturated carbocycles. The molecule has 6 heteroatoms. The molecule has 5 rings (SSSR count). The number of anilines is 3. The van der Waals surface area contributed by atoms with Gasteiger partial charge in [-0.1, -0.05) is 59.9 Å². The topological polar surface area (TPSA) is 54.5 Å². The van der Waals surface area contributed by atoms with Gasteiger partial charge < -0.3 is 15.0 Å². The molecule has 1 N–H and O–H groups in total. The van der Waals surface area contributed by atoms with E-state index >= 15 is 0 Å². The van der Waals surface area contributed by atoms with Crippen LogP contribution < -0.4 is 15.0 Å². The molecule has 1 aliphatic heterocycles. The standard InChI is InChI=1S/C24H19N3O2S/c1-27-19-14-17(12-13-20(19)29-15-21(27)28)22-23(16-8-4-2-5-9-16)30-24(26-22)25-18-10-6-3-7-11-18/h2-14H,15H2,1H3,(H,25,26). The number of para-hydroxylation sites is 1. The van der Waals surface area contributed by atoms with Gasteiger partial charge >= 0.3 is 0 Å². The zero-order valence-corrected chi connectivity index (χ0v) is 17.1. The van der Waals surface area contributed by atoms with Crippen LogP contribution in [0.4, 0.5) is 16.5 Å². The van der Waals surface area contributed by atoms with E-state index < -0.39 is 0 Å². The van der Waals surface area contributed by atoms with Crippen molar-refractivity contribution in [2.75, 3.05) is 23.9 Å². The predicted molar refractivity (Wildman–Crippen MR) is 122 cm³/mol. The van der Waals surface area contributed by atoms with E-state index in [2.05, 4.69) is 17.4 Å². The second kappa shape index (κ2) is 7.65. The van der Waals surface area contributed by atoms with Crippen molar-refractivity contribution in [2.45, 2.75) is 0 Å². The van der Waals surface area contributed by atoms with Gasteiger partial charge in [-0.25, -0.2) is 4.98 Å². The molecule has 3 aromatic carbocycles. The third kappa shape index (κ3) is 3.42. The van der Waals surface area contributed by atoms with Crippen molar-refractivity contribution in [3.05, 3.63) is 78.9 Å². The number of hydrogen-bond acceptors (Lipinski definition) is 5. The lowest BCUT2D eigenvalue weighted by Gasteiger charge is -2.26. The second-order valence-corrected chi connectivity index (χ2v) is 7.98. The fourth-order valence-corrected chi connectivity index (χ4v) is 4.43. The summed E-state index contributed by atoms with van der Waals surface area (Å²) in [5.74, 6) is 0.646. The number of thiazole rings is 1. The largest absolute Gasteiger partial charge is 0.482 e. The van der Waals surface area contributed by atoms with Crippen LogP contribution in [-0.4, -0.2) is 24.5 Å². The maximum absolute atomic E-state index is 12.1. The number of carbonyl (C=O) groups excluding carboxylic acids is 1. The van der Waals surface area contributed by atoms with E-state index in [9.17, 15) is 4.79 Å². The number of nitrogens with one attached hydrogen (secondary N) is 1. The highest BCUT2D eigenvalue weighted by Gasteiger charge is 2.24. The zero-order valence-electron chi connectivity index (χ0n) is 16.3. The van der Waals surface area contributed by atoms with Crippen LogP contribution in [0, 0.1) is 0 Å². The minimum Gasteiger partial charge on any atom is -0.482 e. The van der Waals surface area contributed by atoms with E-state index in [0.29, 0.717) is 5.75 Å². The van der Waals surface area contributed by atoms with E-state index in [4.69, 9.17) is 9.72 Å². The van der Waals surface area contributed by atoms with E-state index in [0.717, 1.165) is 38.2 Å². The van der Waals surface area contributed by atoms with Gasteiger partial charge in [-0.15, -0.1) is 0 Å². The van der Waals surface area contributed by atoms with Gasteiger partial charge in [0.25, 0.3) is 5.91 Å². The van der Waals surface area contributed by atoms with Gasteiger partial charge in [-0.3, -0.25) is 4.79 Å². The molecule has 0 radical (unpaired) electrons. The fraction of sp³-hybridized carbons (Fsp3) is 0.0833. The number of benzene rings is 3. The van der Waals surface area contributed by atoms with Crippen molar-refractivity contribution < 1.29 is 9.53 Å². The molecule has 0 fully saturated rings. The number of hydrogen-bond donors (Lipinski definition) is 1. The molecule has 148 valence electrons. The van der Waals surface area contributed by atoms with E-state index in [1.54, 1.807) is 23.3 Å². The van der Waals surface area contributed by atoms with Gasteiger partial charge in [0.05, 0.1) is 16.3 Å². The monoisotopic (exact) mass is 413 g/mol. The molecule has 1 amide bonds. The van der Waals surface area contributed by atoms with Crippen molar-refractivity contribution in [3.8, 4) is 27.4 Å². The summed E-state index contributed by atoms with van der Waals surface area (Å²) < 4.78 is 5.57. The molecule has 0 atom stereocenters. The second-order valence-electron chi connectivity index (χ2n) is 6.98. The molecule has 2 heterocycles. The molecule has 4 aromatic rings. The van der Waals surface area contributed by atoms with Crippen molar-refractivity contribution in [1.29, 1.82) is 0 Å². The Balaban J connectivity index is 1.61. The van der Waals surface area contributed by atoms with Crippen LogP contribution in [0.5, 0.6) is 5.75 Å². The van der Waals surface area contributed by atoms with Gasteiger partial charge in [-0.2, -0.15) is 0 Å². The molecular formula is C24H19N3O2S. The number of aromatic nitrogens is 1. The third-order valence-electron chi connectivity index (χ3n) is 5.01. The number of fused-ring (bicyclic) bond motifs is 1. The van der Waals surface area contributed by atoms with Gasteiger partial charge in [0.1, 0.15) is 5.75 Å². The summed E-state index contributed by atoms with van der Waals surface area (Å²) in [5, 5.41) is 4.21. The molecule has 0 bridgehead atoms. The van der Waals surface area contributed by atoms with Crippen molar-refractivity contribution in [3.63, 3.8) is 0 Å². The molecule has 5 nitrogen and oxygen atoms in total.